The third kappa shape index (κ3) is 3.77. The van der Waals surface area contributed by atoms with E-state index < -0.39 is 20.9 Å². The smallest absolute Gasteiger partial charge is 0.396 e. The van der Waals surface area contributed by atoms with E-state index in [4.69, 9.17) is 16.0 Å². The summed E-state index contributed by atoms with van der Waals surface area (Å²) in [6, 6.07) is 16.5. The summed E-state index contributed by atoms with van der Waals surface area (Å²) in [7, 11) is -4.27. The zero-order valence-corrected chi connectivity index (χ0v) is 17.9. The van der Waals surface area contributed by atoms with E-state index in [9.17, 15) is 18.0 Å². The number of sulfonamides is 1. The van der Waals surface area contributed by atoms with Gasteiger partial charge in [-0.3, -0.25) is 4.79 Å². The van der Waals surface area contributed by atoms with Crippen LogP contribution in [0.15, 0.2) is 80.8 Å². The molecule has 0 saturated heterocycles. The average Bonchev–Trinajstić information content (AvgIpc) is 3.08. The van der Waals surface area contributed by atoms with Gasteiger partial charge in [0, 0.05) is 10.6 Å². The molecule has 4 rings (SSSR count). The van der Waals surface area contributed by atoms with Crippen LogP contribution in [-0.2, 0) is 10.0 Å². The molecule has 0 radical (unpaired) electrons. The van der Waals surface area contributed by atoms with E-state index in [1.807, 2.05) is 6.92 Å². The molecule has 6 nitrogen and oxygen atoms in total. The lowest BCUT2D eigenvalue weighted by atomic mass is 10.1. The lowest BCUT2D eigenvalue weighted by Gasteiger charge is -2.23. The van der Waals surface area contributed by atoms with Crippen LogP contribution < -0.4 is 9.24 Å². The SMILES string of the molecule is Cc1ccc(C(=O)N(c2ccc3oc(=O)sc3c2)S(=O)(=O)c2ccc(Cl)cc2)cc1. The summed E-state index contributed by atoms with van der Waals surface area (Å²) >= 11 is 6.71. The summed E-state index contributed by atoms with van der Waals surface area (Å²) in [4.78, 5) is 24.3. The molecule has 0 fully saturated rings. The highest BCUT2D eigenvalue weighted by Crippen LogP contribution is 2.30. The molecule has 9 heteroatoms. The van der Waals surface area contributed by atoms with Gasteiger partial charge < -0.3 is 4.42 Å². The first kappa shape index (κ1) is 20.3. The van der Waals surface area contributed by atoms with Gasteiger partial charge in [0.25, 0.3) is 15.9 Å². The van der Waals surface area contributed by atoms with Crippen molar-refractivity contribution in [1.29, 1.82) is 0 Å². The lowest BCUT2D eigenvalue weighted by molar-refractivity contribution is 0.101. The largest absolute Gasteiger partial charge is 0.414 e. The Morgan fingerprint density at radius 3 is 2.33 bits per heavy atom. The molecule has 152 valence electrons. The molecule has 3 aromatic carbocycles. The summed E-state index contributed by atoms with van der Waals surface area (Å²) in [5.74, 6) is -0.722. The van der Waals surface area contributed by atoms with Crippen molar-refractivity contribution in [1.82, 2.24) is 0 Å². The van der Waals surface area contributed by atoms with Crippen LogP contribution in [0.25, 0.3) is 10.3 Å². The van der Waals surface area contributed by atoms with Gasteiger partial charge in [-0.1, -0.05) is 40.6 Å². The number of amides is 1. The number of fused-ring (bicyclic) bond motifs is 1. The monoisotopic (exact) mass is 459 g/mol. The van der Waals surface area contributed by atoms with Crippen LogP contribution in [0.5, 0.6) is 0 Å². The predicted octanol–water partition coefficient (Wildman–Crippen LogP) is 4.85. The highest BCUT2D eigenvalue weighted by molar-refractivity contribution is 7.93. The fourth-order valence-electron chi connectivity index (χ4n) is 2.88. The maximum atomic E-state index is 13.4. The summed E-state index contributed by atoms with van der Waals surface area (Å²) in [5, 5.41) is 0.370. The highest BCUT2D eigenvalue weighted by atomic mass is 35.5. The molecule has 4 aromatic rings. The molecule has 1 heterocycles. The molecule has 0 aliphatic carbocycles. The Hall–Kier alpha value is -2.94. The molecule has 0 aliphatic heterocycles. The Balaban J connectivity index is 1.91. The summed E-state index contributed by atoms with van der Waals surface area (Å²) in [6.45, 7) is 1.87. The first-order chi connectivity index (χ1) is 14.3. The van der Waals surface area contributed by atoms with Gasteiger partial charge in [-0.05, 0) is 61.5 Å². The quantitative estimate of drug-likeness (QED) is 0.435. The molecule has 0 spiro atoms. The second kappa shape index (κ2) is 7.71. The Kier molecular flexibility index (Phi) is 5.23. The van der Waals surface area contributed by atoms with E-state index in [1.54, 1.807) is 24.3 Å². The van der Waals surface area contributed by atoms with Gasteiger partial charge >= 0.3 is 4.94 Å². The van der Waals surface area contributed by atoms with E-state index in [0.717, 1.165) is 21.2 Å². The van der Waals surface area contributed by atoms with E-state index in [-0.39, 0.29) is 16.1 Å². The van der Waals surface area contributed by atoms with Crippen molar-refractivity contribution in [2.75, 3.05) is 4.31 Å². The van der Waals surface area contributed by atoms with Crippen molar-refractivity contribution < 1.29 is 17.6 Å². The van der Waals surface area contributed by atoms with Gasteiger partial charge in [-0.2, -0.15) is 4.31 Å². The number of carbonyl (C=O) groups is 1. The van der Waals surface area contributed by atoms with Crippen molar-refractivity contribution >= 4 is 54.8 Å². The minimum atomic E-state index is -4.27. The predicted molar refractivity (Wildman–Crippen MR) is 117 cm³/mol. The van der Waals surface area contributed by atoms with Crippen molar-refractivity contribution in [2.45, 2.75) is 11.8 Å². The van der Waals surface area contributed by atoms with Gasteiger partial charge in [0.2, 0.25) is 0 Å². The van der Waals surface area contributed by atoms with Crippen LogP contribution in [0, 0.1) is 6.92 Å². The van der Waals surface area contributed by atoms with Crippen LogP contribution in [0.1, 0.15) is 15.9 Å². The molecule has 0 aliphatic rings. The van der Waals surface area contributed by atoms with Crippen LogP contribution >= 0.6 is 22.9 Å². The number of carbonyl (C=O) groups excluding carboxylic acids is 1. The first-order valence-corrected chi connectivity index (χ1v) is 11.3. The zero-order chi connectivity index (χ0) is 21.5. The number of rotatable bonds is 4. The molecule has 0 unspecified atom stereocenters. The average molecular weight is 460 g/mol. The topological polar surface area (TPSA) is 84.7 Å². The summed E-state index contributed by atoms with van der Waals surface area (Å²) in [6.07, 6.45) is 0. The van der Waals surface area contributed by atoms with Gasteiger partial charge in [-0.15, -0.1) is 0 Å². The molecular weight excluding hydrogens is 446 g/mol. The number of halogens is 1. The van der Waals surface area contributed by atoms with Crippen LogP contribution in [0.3, 0.4) is 0 Å². The van der Waals surface area contributed by atoms with Gasteiger partial charge in [0.15, 0.2) is 0 Å². The van der Waals surface area contributed by atoms with Crippen LogP contribution in [-0.4, -0.2) is 14.3 Å². The molecular formula is C21H14ClNO5S2. The van der Waals surface area contributed by atoms with Crippen molar-refractivity contribution in [3.63, 3.8) is 0 Å². The molecule has 0 N–H and O–H groups in total. The Labute approximate surface area is 181 Å². The number of benzene rings is 3. The van der Waals surface area contributed by atoms with Gasteiger partial charge in [0.05, 0.1) is 15.3 Å². The molecule has 0 atom stereocenters. The van der Waals surface area contributed by atoms with Gasteiger partial charge in [0.1, 0.15) is 5.58 Å². The first-order valence-electron chi connectivity index (χ1n) is 8.71. The molecule has 1 aromatic heterocycles. The molecule has 0 bridgehead atoms. The van der Waals surface area contributed by atoms with Gasteiger partial charge in [-0.25, -0.2) is 13.2 Å². The molecule has 0 saturated carbocycles. The normalized spacial score (nSPS) is 11.5. The van der Waals surface area contributed by atoms with Crippen LogP contribution in [0.4, 0.5) is 5.69 Å². The lowest BCUT2D eigenvalue weighted by Crippen LogP contribution is -2.37. The van der Waals surface area contributed by atoms with Crippen molar-refractivity contribution in [3.8, 4) is 0 Å². The third-order valence-corrected chi connectivity index (χ3v) is 7.15. The number of aryl methyl sites for hydroxylation is 1. The van der Waals surface area contributed by atoms with E-state index in [1.165, 1.54) is 42.5 Å². The fourth-order valence-corrected chi connectivity index (χ4v) is 5.11. The summed E-state index contributed by atoms with van der Waals surface area (Å²) in [5.41, 5.74) is 1.56. The maximum Gasteiger partial charge on any atom is 0.396 e. The number of anilines is 1. The Morgan fingerprint density at radius 1 is 1.00 bits per heavy atom. The second-order valence-corrected chi connectivity index (χ2v) is 9.68. The van der Waals surface area contributed by atoms with E-state index in [0.29, 0.717) is 15.3 Å². The second-order valence-electron chi connectivity index (χ2n) is 6.48. The number of nitrogens with zero attached hydrogens (tertiary/aromatic N) is 1. The summed E-state index contributed by atoms with van der Waals surface area (Å²) < 4.78 is 33.1. The third-order valence-electron chi connectivity index (χ3n) is 4.38. The van der Waals surface area contributed by atoms with Crippen molar-refractivity contribution in [2.24, 2.45) is 0 Å². The highest BCUT2D eigenvalue weighted by Gasteiger charge is 2.32. The van der Waals surface area contributed by atoms with Crippen molar-refractivity contribution in [3.05, 3.63) is 92.6 Å². The number of hydrogen-bond donors (Lipinski definition) is 0. The van der Waals surface area contributed by atoms with E-state index >= 15 is 0 Å². The zero-order valence-electron chi connectivity index (χ0n) is 15.5. The molecule has 1 amide bonds. The Morgan fingerprint density at radius 2 is 1.67 bits per heavy atom. The van der Waals surface area contributed by atoms with E-state index in [2.05, 4.69) is 0 Å². The maximum absolute atomic E-state index is 13.4. The minimum absolute atomic E-state index is 0.0900. The Bertz CT molecular complexity index is 1400. The van der Waals surface area contributed by atoms with Crippen LogP contribution in [0.2, 0.25) is 5.02 Å². The molecule has 30 heavy (non-hydrogen) atoms. The standard InChI is InChI=1S/C21H14ClNO5S2/c1-13-2-4-14(5-3-13)20(24)23(30(26,27)17-9-6-15(22)7-10-17)16-8-11-18-19(12-16)29-21(25)28-18/h2-12H,1H3. The number of hydrogen-bond acceptors (Lipinski definition) is 6. The fraction of sp³-hybridized carbons (Fsp3) is 0.0476. The minimum Gasteiger partial charge on any atom is -0.414 e.